The number of aryl methyl sites for hydroxylation is 1. The minimum atomic E-state index is -0.531. The SMILES string of the molecule is COc1ccc2[nH]c(=O)c(CN(Cc3ccc(C)cc3)C(=O)Nc3ccccc3F)cc2c1. The van der Waals surface area contributed by atoms with Crippen LogP contribution >= 0.6 is 0 Å². The molecule has 1 heterocycles. The fourth-order valence-electron chi connectivity index (χ4n) is 3.55. The Hall–Kier alpha value is -4.13. The Labute approximate surface area is 190 Å². The Morgan fingerprint density at radius 3 is 2.52 bits per heavy atom. The zero-order valence-corrected chi connectivity index (χ0v) is 18.4. The molecule has 0 fully saturated rings. The Kier molecular flexibility index (Phi) is 6.40. The van der Waals surface area contributed by atoms with E-state index in [0.29, 0.717) is 16.8 Å². The molecule has 4 aromatic rings. The summed E-state index contributed by atoms with van der Waals surface area (Å²) in [5.74, 6) is 0.131. The molecule has 2 amide bonds. The lowest BCUT2D eigenvalue weighted by Gasteiger charge is -2.23. The number of para-hydroxylation sites is 1. The van der Waals surface area contributed by atoms with Crippen LogP contribution in [0.5, 0.6) is 5.75 Å². The molecular weight excluding hydrogens is 421 g/mol. The van der Waals surface area contributed by atoms with Crippen molar-refractivity contribution in [2.75, 3.05) is 12.4 Å². The summed E-state index contributed by atoms with van der Waals surface area (Å²) in [7, 11) is 1.57. The van der Waals surface area contributed by atoms with Gasteiger partial charge in [0, 0.05) is 23.0 Å². The van der Waals surface area contributed by atoms with Crippen LogP contribution < -0.4 is 15.6 Å². The molecule has 0 unspecified atom stereocenters. The van der Waals surface area contributed by atoms with Gasteiger partial charge in [-0.15, -0.1) is 0 Å². The normalized spacial score (nSPS) is 10.8. The van der Waals surface area contributed by atoms with Gasteiger partial charge in [0.25, 0.3) is 5.56 Å². The van der Waals surface area contributed by atoms with Gasteiger partial charge in [-0.25, -0.2) is 9.18 Å². The summed E-state index contributed by atoms with van der Waals surface area (Å²) < 4.78 is 19.4. The molecule has 0 atom stereocenters. The maximum atomic E-state index is 14.1. The second kappa shape index (κ2) is 9.56. The van der Waals surface area contributed by atoms with Crippen molar-refractivity contribution < 1.29 is 13.9 Å². The first-order valence-corrected chi connectivity index (χ1v) is 10.5. The smallest absolute Gasteiger partial charge is 0.322 e. The number of carbonyl (C=O) groups excluding carboxylic acids is 1. The van der Waals surface area contributed by atoms with Crippen molar-refractivity contribution in [3.8, 4) is 5.75 Å². The Morgan fingerprint density at radius 2 is 1.79 bits per heavy atom. The maximum absolute atomic E-state index is 14.1. The number of benzene rings is 3. The molecule has 3 aromatic carbocycles. The molecule has 168 valence electrons. The van der Waals surface area contributed by atoms with E-state index in [1.807, 2.05) is 37.3 Å². The second-order valence-electron chi connectivity index (χ2n) is 7.83. The number of anilines is 1. The van der Waals surface area contributed by atoms with E-state index in [0.717, 1.165) is 16.5 Å². The molecule has 0 aliphatic heterocycles. The lowest BCUT2D eigenvalue weighted by molar-refractivity contribution is 0.206. The second-order valence-corrected chi connectivity index (χ2v) is 7.83. The molecule has 1 aromatic heterocycles. The van der Waals surface area contributed by atoms with Gasteiger partial charge in [-0.2, -0.15) is 0 Å². The van der Waals surface area contributed by atoms with E-state index in [2.05, 4.69) is 10.3 Å². The molecule has 0 bridgehead atoms. The third-order valence-corrected chi connectivity index (χ3v) is 5.39. The summed E-state index contributed by atoms with van der Waals surface area (Å²) in [4.78, 5) is 30.2. The molecule has 7 heteroatoms. The summed E-state index contributed by atoms with van der Waals surface area (Å²) in [5, 5.41) is 3.40. The molecule has 4 rings (SSSR count). The van der Waals surface area contributed by atoms with Crippen LogP contribution in [0.3, 0.4) is 0 Å². The van der Waals surface area contributed by atoms with E-state index >= 15 is 0 Å². The summed E-state index contributed by atoms with van der Waals surface area (Å²) in [6.45, 7) is 2.27. The number of ether oxygens (including phenoxy) is 1. The molecule has 6 nitrogen and oxygen atoms in total. The Balaban J connectivity index is 1.67. The standard InChI is InChI=1S/C26H24FN3O3/c1-17-7-9-18(10-8-17)15-30(26(32)29-24-6-4-3-5-22(24)27)16-20-13-19-14-21(33-2)11-12-23(19)28-25(20)31/h3-14H,15-16H2,1-2H3,(H,28,31)(H,29,32). The van der Waals surface area contributed by atoms with Crippen molar-refractivity contribution in [2.45, 2.75) is 20.0 Å². The molecule has 0 aliphatic rings. The summed E-state index contributed by atoms with van der Waals surface area (Å²) in [6.07, 6.45) is 0. The van der Waals surface area contributed by atoms with Gasteiger partial charge in [-0.1, -0.05) is 42.0 Å². The quantitative estimate of drug-likeness (QED) is 0.427. The molecule has 0 aliphatic carbocycles. The van der Waals surface area contributed by atoms with Gasteiger partial charge in [-0.3, -0.25) is 4.79 Å². The van der Waals surface area contributed by atoms with Gasteiger partial charge in [0.15, 0.2) is 0 Å². The van der Waals surface area contributed by atoms with Crippen LogP contribution in [0.1, 0.15) is 16.7 Å². The third-order valence-electron chi connectivity index (χ3n) is 5.39. The van der Waals surface area contributed by atoms with Crippen LogP contribution in [0.25, 0.3) is 10.9 Å². The first-order valence-electron chi connectivity index (χ1n) is 10.5. The van der Waals surface area contributed by atoms with E-state index in [4.69, 9.17) is 4.74 Å². The number of halogens is 1. The molecule has 0 spiro atoms. The van der Waals surface area contributed by atoms with E-state index < -0.39 is 11.8 Å². The number of aromatic amines is 1. The zero-order valence-electron chi connectivity index (χ0n) is 18.4. The molecule has 2 N–H and O–H groups in total. The number of hydrogen-bond donors (Lipinski definition) is 2. The van der Waals surface area contributed by atoms with Crippen LogP contribution in [0.2, 0.25) is 0 Å². The van der Waals surface area contributed by atoms with Crippen molar-refractivity contribution in [2.24, 2.45) is 0 Å². The Bertz CT molecular complexity index is 1350. The van der Waals surface area contributed by atoms with Gasteiger partial charge < -0.3 is 19.9 Å². The van der Waals surface area contributed by atoms with Crippen molar-refractivity contribution in [3.05, 3.63) is 106 Å². The van der Waals surface area contributed by atoms with Gasteiger partial charge >= 0.3 is 6.03 Å². The lowest BCUT2D eigenvalue weighted by Crippen LogP contribution is -2.36. The van der Waals surface area contributed by atoms with Gasteiger partial charge in [0.05, 0.1) is 19.3 Å². The molecule has 33 heavy (non-hydrogen) atoms. The highest BCUT2D eigenvalue weighted by molar-refractivity contribution is 5.89. The first-order chi connectivity index (χ1) is 15.9. The maximum Gasteiger partial charge on any atom is 0.322 e. The van der Waals surface area contributed by atoms with E-state index in [1.54, 1.807) is 37.4 Å². The highest BCUT2D eigenvalue weighted by Crippen LogP contribution is 2.20. The van der Waals surface area contributed by atoms with Crippen LogP contribution in [-0.4, -0.2) is 23.0 Å². The van der Waals surface area contributed by atoms with Crippen LogP contribution in [0.4, 0.5) is 14.9 Å². The minimum absolute atomic E-state index is 0.0383. The van der Waals surface area contributed by atoms with Crippen molar-refractivity contribution in [1.29, 1.82) is 0 Å². The Morgan fingerprint density at radius 1 is 1.03 bits per heavy atom. The molecule has 0 radical (unpaired) electrons. The third kappa shape index (κ3) is 5.20. The summed E-state index contributed by atoms with van der Waals surface area (Å²) in [5.41, 5.74) is 2.86. The van der Waals surface area contributed by atoms with Crippen molar-refractivity contribution in [1.82, 2.24) is 9.88 Å². The zero-order chi connectivity index (χ0) is 23.4. The molecular formula is C26H24FN3O3. The molecule has 0 saturated heterocycles. The number of methoxy groups -OCH3 is 1. The first kappa shape index (κ1) is 22.1. The number of H-pyrrole nitrogens is 1. The fraction of sp³-hybridized carbons (Fsp3) is 0.154. The number of amides is 2. The number of nitrogens with one attached hydrogen (secondary N) is 2. The average Bonchev–Trinajstić information content (AvgIpc) is 2.81. The van der Waals surface area contributed by atoms with Gasteiger partial charge in [-0.05, 0) is 48.9 Å². The number of pyridine rings is 1. The minimum Gasteiger partial charge on any atom is -0.497 e. The van der Waals surface area contributed by atoms with Crippen molar-refractivity contribution in [3.63, 3.8) is 0 Å². The number of fused-ring (bicyclic) bond motifs is 1. The summed E-state index contributed by atoms with van der Waals surface area (Å²) in [6, 6.07) is 20.3. The number of urea groups is 1. The largest absolute Gasteiger partial charge is 0.497 e. The topological polar surface area (TPSA) is 74.4 Å². The highest BCUT2D eigenvalue weighted by atomic mass is 19.1. The van der Waals surface area contributed by atoms with Crippen LogP contribution in [-0.2, 0) is 13.1 Å². The van der Waals surface area contributed by atoms with Crippen LogP contribution in [0, 0.1) is 12.7 Å². The number of hydrogen-bond acceptors (Lipinski definition) is 3. The summed E-state index contributed by atoms with van der Waals surface area (Å²) >= 11 is 0. The predicted octanol–water partition coefficient (Wildman–Crippen LogP) is 5.22. The van der Waals surface area contributed by atoms with Crippen molar-refractivity contribution >= 4 is 22.6 Å². The highest BCUT2D eigenvalue weighted by Gasteiger charge is 2.18. The number of carbonyl (C=O) groups is 1. The lowest BCUT2D eigenvalue weighted by atomic mass is 10.1. The van der Waals surface area contributed by atoms with Gasteiger partial charge in [0.2, 0.25) is 0 Å². The fourth-order valence-corrected chi connectivity index (χ4v) is 3.55. The van der Waals surface area contributed by atoms with E-state index in [-0.39, 0.29) is 24.3 Å². The van der Waals surface area contributed by atoms with Crippen LogP contribution in [0.15, 0.2) is 77.6 Å². The average molecular weight is 445 g/mol. The number of nitrogens with zero attached hydrogens (tertiary/aromatic N) is 1. The van der Waals surface area contributed by atoms with Gasteiger partial charge in [0.1, 0.15) is 11.6 Å². The van der Waals surface area contributed by atoms with E-state index in [9.17, 15) is 14.0 Å². The number of aromatic nitrogens is 1. The van der Waals surface area contributed by atoms with E-state index in [1.165, 1.54) is 17.0 Å². The number of rotatable bonds is 6. The predicted molar refractivity (Wildman–Crippen MR) is 127 cm³/mol. The monoisotopic (exact) mass is 445 g/mol. The molecule has 0 saturated carbocycles.